The molecule has 2 rings (SSSR count). The molecule has 0 bridgehead atoms. The average Bonchev–Trinajstić information content (AvgIpc) is 2.86. The number of alkyl halides is 2. The largest absolute Gasteiger partial charge is 0.460 e. The molecule has 0 aliphatic heterocycles. The number of hydrogen-bond donors (Lipinski definition) is 1. The SMILES string of the molecule is O=C(OC1CCC(F)(F)C1)C(O)c1cccs1. The van der Waals surface area contributed by atoms with Crippen molar-refractivity contribution in [2.45, 2.75) is 37.4 Å². The first-order valence-electron chi connectivity index (χ1n) is 5.28. The number of halogens is 2. The van der Waals surface area contributed by atoms with Crippen LogP contribution in [0.2, 0.25) is 0 Å². The molecule has 0 aromatic carbocycles. The molecule has 1 fully saturated rings. The van der Waals surface area contributed by atoms with Crippen LogP contribution in [0.1, 0.15) is 30.2 Å². The Hall–Kier alpha value is -1.01. The van der Waals surface area contributed by atoms with Gasteiger partial charge in [-0.3, -0.25) is 0 Å². The Morgan fingerprint density at radius 1 is 1.65 bits per heavy atom. The van der Waals surface area contributed by atoms with E-state index in [-0.39, 0.29) is 12.8 Å². The zero-order valence-electron chi connectivity index (χ0n) is 8.94. The molecule has 17 heavy (non-hydrogen) atoms. The quantitative estimate of drug-likeness (QED) is 0.851. The van der Waals surface area contributed by atoms with Crippen molar-refractivity contribution in [3.05, 3.63) is 22.4 Å². The summed E-state index contributed by atoms with van der Waals surface area (Å²) in [6.45, 7) is 0. The number of rotatable bonds is 3. The fourth-order valence-electron chi connectivity index (χ4n) is 1.80. The van der Waals surface area contributed by atoms with Crippen LogP contribution in [0.5, 0.6) is 0 Å². The van der Waals surface area contributed by atoms with E-state index >= 15 is 0 Å². The van der Waals surface area contributed by atoms with Crippen LogP contribution in [-0.2, 0) is 9.53 Å². The molecule has 0 amide bonds. The fraction of sp³-hybridized carbons (Fsp3) is 0.545. The molecular weight excluding hydrogens is 250 g/mol. The van der Waals surface area contributed by atoms with Crippen molar-refractivity contribution in [3.8, 4) is 0 Å². The lowest BCUT2D eigenvalue weighted by Gasteiger charge is -2.14. The van der Waals surface area contributed by atoms with Gasteiger partial charge in [-0.05, 0) is 17.9 Å². The van der Waals surface area contributed by atoms with Gasteiger partial charge in [0, 0.05) is 17.7 Å². The van der Waals surface area contributed by atoms with Crippen LogP contribution in [0.4, 0.5) is 8.78 Å². The maximum Gasteiger partial charge on any atom is 0.340 e. The third-order valence-corrected chi connectivity index (χ3v) is 3.60. The first-order valence-corrected chi connectivity index (χ1v) is 6.16. The van der Waals surface area contributed by atoms with E-state index in [1.54, 1.807) is 17.5 Å². The van der Waals surface area contributed by atoms with Crippen LogP contribution in [0, 0.1) is 0 Å². The smallest absolute Gasteiger partial charge is 0.340 e. The number of esters is 1. The number of aliphatic hydroxyl groups is 1. The molecular formula is C11H12F2O3S. The molecule has 1 saturated carbocycles. The van der Waals surface area contributed by atoms with E-state index in [9.17, 15) is 18.7 Å². The third kappa shape index (κ3) is 3.01. The highest BCUT2D eigenvalue weighted by atomic mass is 32.1. The third-order valence-electron chi connectivity index (χ3n) is 2.68. The van der Waals surface area contributed by atoms with Crippen LogP contribution < -0.4 is 0 Å². The molecule has 94 valence electrons. The van der Waals surface area contributed by atoms with Crippen LogP contribution >= 0.6 is 11.3 Å². The average molecular weight is 262 g/mol. The van der Waals surface area contributed by atoms with Gasteiger partial charge in [0.1, 0.15) is 6.10 Å². The fourth-order valence-corrected chi connectivity index (χ4v) is 2.50. The van der Waals surface area contributed by atoms with Gasteiger partial charge in [-0.15, -0.1) is 11.3 Å². The summed E-state index contributed by atoms with van der Waals surface area (Å²) in [4.78, 5) is 12.0. The van der Waals surface area contributed by atoms with E-state index in [1.165, 1.54) is 11.3 Å². The minimum atomic E-state index is -2.75. The van der Waals surface area contributed by atoms with Gasteiger partial charge in [-0.1, -0.05) is 6.07 Å². The standard InChI is InChI=1S/C11H12F2O3S/c12-11(13)4-3-7(6-11)16-10(15)9(14)8-2-1-5-17-8/h1-2,5,7,9,14H,3-4,6H2. The van der Waals surface area contributed by atoms with Crippen molar-refractivity contribution >= 4 is 17.3 Å². The Morgan fingerprint density at radius 2 is 2.41 bits per heavy atom. The molecule has 0 saturated heterocycles. The molecule has 1 heterocycles. The number of hydrogen-bond acceptors (Lipinski definition) is 4. The first-order chi connectivity index (χ1) is 7.98. The topological polar surface area (TPSA) is 46.5 Å². The van der Waals surface area contributed by atoms with Gasteiger partial charge in [0.2, 0.25) is 0 Å². The Kier molecular flexibility index (Phi) is 3.44. The highest BCUT2D eigenvalue weighted by molar-refractivity contribution is 7.10. The van der Waals surface area contributed by atoms with Gasteiger partial charge in [-0.25, -0.2) is 13.6 Å². The highest BCUT2D eigenvalue weighted by Gasteiger charge is 2.41. The second-order valence-electron chi connectivity index (χ2n) is 4.08. The summed E-state index contributed by atoms with van der Waals surface area (Å²) in [6.07, 6.45) is -2.72. The predicted molar refractivity (Wildman–Crippen MR) is 58.0 cm³/mol. The van der Waals surface area contributed by atoms with Crippen LogP contribution in [0.25, 0.3) is 0 Å². The summed E-state index contributed by atoms with van der Waals surface area (Å²) in [5, 5.41) is 11.3. The summed E-state index contributed by atoms with van der Waals surface area (Å²) in [6, 6.07) is 3.29. The van der Waals surface area contributed by atoms with Gasteiger partial charge in [-0.2, -0.15) is 0 Å². The van der Waals surface area contributed by atoms with Crippen molar-refractivity contribution in [1.29, 1.82) is 0 Å². The molecule has 3 nitrogen and oxygen atoms in total. The number of carbonyl (C=O) groups is 1. The molecule has 1 aliphatic carbocycles. The number of aliphatic hydroxyl groups excluding tert-OH is 1. The number of ether oxygens (including phenoxy) is 1. The van der Waals surface area contributed by atoms with Crippen molar-refractivity contribution in [2.75, 3.05) is 0 Å². The molecule has 1 aromatic rings. The second-order valence-corrected chi connectivity index (χ2v) is 5.05. The normalized spacial score (nSPS) is 24.5. The van der Waals surface area contributed by atoms with E-state index in [0.29, 0.717) is 4.88 Å². The minimum absolute atomic E-state index is 0.149. The summed E-state index contributed by atoms with van der Waals surface area (Å²) in [7, 11) is 0. The van der Waals surface area contributed by atoms with Crippen molar-refractivity contribution in [1.82, 2.24) is 0 Å². The summed E-state index contributed by atoms with van der Waals surface area (Å²) < 4.78 is 30.6. The lowest BCUT2D eigenvalue weighted by Crippen LogP contribution is -2.22. The Bertz CT molecular complexity index is 391. The van der Waals surface area contributed by atoms with Gasteiger partial charge < -0.3 is 9.84 Å². The predicted octanol–water partition coefficient (Wildman–Crippen LogP) is 2.51. The summed E-state index contributed by atoms with van der Waals surface area (Å²) in [5.74, 6) is -3.60. The van der Waals surface area contributed by atoms with Gasteiger partial charge in [0.15, 0.2) is 6.10 Å². The van der Waals surface area contributed by atoms with E-state index in [1.807, 2.05) is 0 Å². The summed E-state index contributed by atoms with van der Waals surface area (Å²) in [5.41, 5.74) is 0. The molecule has 1 N–H and O–H groups in total. The van der Waals surface area contributed by atoms with Crippen molar-refractivity contribution in [3.63, 3.8) is 0 Å². The second kappa shape index (κ2) is 4.70. The van der Waals surface area contributed by atoms with Gasteiger partial charge in [0.25, 0.3) is 5.92 Å². The van der Waals surface area contributed by atoms with E-state index in [2.05, 4.69) is 0 Å². The number of carbonyl (C=O) groups excluding carboxylic acids is 1. The Balaban J connectivity index is 1.90. The maximum atomic E-state index is 12.9. The minimum Gasteiger partial charge on any atom is -0.460 e. The molecule has 6 heteroatoms. The zero-order valence-corrected chi connectivity index (χ0v) is 9.75. The van der Waals surface area contributed by atoms with Crippen molar-refractivity contribution < 1.29 is 23.4 Å². The van der Waals surface area contributed by atoms with Gasteiger partial charge >= 0.3 is 5.97 Å². The maximum absolute atomic E-state index is 12.9. The molecule has 0 spiro atoms. The van der Waals surface area contributed by atoms with E-state index < -0.39 is 30.5 Å². The Morgan fingerprint density at radius 3 is 2.94 bits per heavy atom. The molecule has 1 aliphatic rings. The Labute approximate surface area is 101 Å². The molecule has 0 radical (unpaired) electrons. The summed E-state index contributed by atoms with van der Waals surface area (Å²) >= 11 is 1.22. The van der Waals surface area contributed by atoms with Crippen LogP contribution in [0.3, 0.4) is 0 Å². The lowest BCUT2D eigenvalue weighted by molar-refractivity contribution is -0.160. The molecule has 1 aromatic heterocycles. The monoisotopic (exact) mass is 262 g/mol. The van der Waals surface area contributed by atoms with Crippen LogP contribution in [-0.4, -0.2) is 23.1 Å². The van der Waals surface area contributed by atoms with Gasteiger partial charge in [0.05, 0.1) is 0 Å². The number of thiophene rings is 1. The highest BCUT2D eigenvalue weighted by Crippen LogP contribution is 2.37. The van der Waals surface area contributed by atoms with Crippen molar-refractivity contribution in [2.24, 2.45) is 0 Å². The van der Waals surface area contributed by atoms with Crippen LogP contribution in [0.15, 0.2) is 17.5 Å². The molecule has 2 unspecified atom stereocenters. The lowest BCUT2D eigenvalue weighted by atomic mass is 10.2. The first kappa shape index (κ1) is 12.4. The molecule has 2 atom stereocenters. The zero-order chi connectivity index (χ0) is 12.5. The van der Waals surface area contributed by atoms with E-state index in [0.717, 1.165) is 0 Å². The van der Waals surface area contributed by atoms with E-state index in [4.69, 9.17) is 4.74 Å².